The number of imide groups is 1. The van der Waals surface area contributed by atoms with Gasteiger partial charge in [0.15, 0.2) is 0 Å². The number of hydrogen-bond donors (Lipinski definition) is 1. The first-order valence-electron chi connectivity index (χ1n) is 6.38. The van der Waals surface area contributed by atoms with Crippen LogP contribution in [0.15, 0.2) is 22.7 Å². The molecule has 1 aromatic rings. The Kier molecular flexibility index (Phi) is 4.04. The molecule has 1 heterocycles. The van der Waals surface area contributed by atoms with Crippen LogP contribution in [0, 0.1) is 0 Å². The highest BCUT2D eigenvalue weighted by molar-refractivity contribution is 9.10. The monoisotopic (exact) mass is 340 g/mol. The van der Waals surface area contributed by atoms with Crippen molar-refractivity contribution in [1.82, 2.24) is 10.2 Å². The predicted octanol–water partition coefficient (Wildman–Crippen LogP) is 2.68. The van der Waals surface area contributed by atoms with Gasteiger partial charge in [-0.2, -0.15) is 0 Å². The highest BCUT2D eigenvalue weighted by Crippen LogP contribution is 2.28. The molecule has 1 aromatic carbocycles. The number of urea groups is 1. The molecule has 0 aromatic heterocycles. The van der Waals surface area contributed by atoms with Crippen molar-refractivity contribution in [3.05, 3.63) is 28.2 Å². The molecule has 1 aliphatic rings. The normalized spacial score (nSPS) is 22.1. The Labute approximate surface area is 126 Å². The Bertz CT molecular complexity index is 561. The van der Waals surface area contributed by atoms with E-state index in [1.54, 1.807) is 20.1 Å². The van der Waals surface area contributed by atoms with Gasteiger partial charge in [-0.1, -0.05) is 22.9 Å². The summed E-state index contributed by atoms with van der Waals surface area (Å²) in [6, 6.07) is 5.14. The summed E-state index contributed by atoms with van der Waals surface area (Å²) in [5, 5.41) is 2.74. The minimum Gasteiger partial charge on any atom is -0.496 e. The first-order chi connectivity index (χ1) is 9.41. The van der Waals surface area contributed by atoms with E-state index in [1.807, 2.05) is 19.1 Å². The Hall–Kier alpha value is -1.56. The third-order valence-electron chi connectivity index (χ3n) is 3.62. The zero-order valence-corrected chi connectivity index (χ0v) is 13.3. The smallest absolute Gasteiger partial charge is 0.325 e. The first-order valence-corrected chi connectivity index (χ1v) is 7.17. The fourth-order valence-electron chi connectivity index (χ4n) is 2.17. The van der Waals surface area contributed by atoms with E-state index in [9.17, 15) is 9.59 Å². The molecule has 0 saturated carbocycles. The standard InChI is InChI=1S/C14H17BrN2O3/c1-4-14(2)12(18)17(13(19)16-14)8-9-7-10(15)5-6-11(9)20-3/h5-7H,4,8H2,1-3H3,(H,16,19). The quantitative estimate of drug-likeness (QED) is 0.857. The summed E-state index contributed by atoms with van der Waals surface area (Å²) in [7, 11) is 1.56. The van der Waals surface area contributed by atoms with Crippen LogP contribution in [-0.2, 0) is 11.3 Å². The average molecular weight is 341 g/mol. The fraction of sp³-hybridized carbons (Fsp3) is 0.429. The lowest BCUT2D eigenvalue weighted by Gasteiger charge is -2.20. The molecule has 6 heteroatoms. The number of hydrogen-bond acceptors (Lipinski definition) is 3. The summed E-state index contributed by atoms with van der Waals surface area (Å²) in [5.41, 5.74) is -0.0261. The number of carbonyl (C=O) groups is 2. The van der Waals surface area contributed by atoms with Gasteiger partial charge < -0.3 is 10.1 Å². The lowest BCUT2D eigenvalue weighted by Crippen LogP contribution is -2.43. The topological polar surface area (TPSA) is 58.6 Å². The van der Waals surface area contributed by atoms with E-state index in [1.165, 1.54) is 4.90 Å². The number of methoxy groups -OCH3 is 1. The van der Waals surface area contributed by atoms with E-state index in [2.05, 4.69) is 21.2 Å². The number of nitrogens with zero attached hydrogens (tertiary/aromatic N) is 1. The highest BCUT2D eigenvalue weighted by Gasteiger charge is 2.46. The molecule has 3 amide bonds. The summed E-state index contributed by atoms with van der Waals surface area (Å²) >= 11 is 3.38. The molecule has 1 N–H and O–H groups in total. The zero-order chi connectivity index (χ0) is 14.9. The number of amides is 3. The van der Waals surface area contributed by atoms with Gasteiger partial charge >= 0.3 is 6.03 Å². The number of rotatable bonds is 4. The summed E-state index contributed by atoms with van der Waals surface area (Å²) in [6.07, 6.45) is 0.559. The van der Waals surface area contributed by atoms with E-state index in [4.69, 9.17) is 4.74 Å². The molecule has 1 saturated heterocycles. The van der Waals surface area contributed by atoms with Crippen LogP contribution in [0.1, 0.15) is 25.8 Å². The van der Waals surface area contributed by atoms with Crippen LogP contribution in [0.5, 0.6) is 5.75 Å². The minimum absolute atomic E-state index is 0.197. The molecule has 0 spiro atoms. The lowest BCUT2D eigenvalue weighted by molar-refractivity contribution is -0.131. The Morgan fingerprint density at radius 1 is 1.40 bits per heavy atom. The molecular formula is C14H17BrN2O3. The predicted molar refractivity (Wildman–Crippen MR) is 78.5 cm³/mol. The van der Waals surface area contributed by atoms with Crippen LogP contribution < -0.4 is 10.1 Å². The van der Waals surface area contributed by atoms with Gasteiger partial charge in [-0.3, -0.25) is 9.69 Å². The molecule has 1 fully saturated rings. The van der Waals surface area contributed by atoms with Crippen LogP contribution in [-0.4, -0.2) is 29.5 Å². The third kappa shape index (κ3) is 2.52. The molecule has 1 atom stereocenters. The average Bonchev–Trinajstić information content (AvgIpc) is 2.63. The second-order valence-corrected chi connectivity index (χ2v) is 5.88. The second kappa shape index (κ2) is 5.44. The molecule has 20 heavy (non-hydrogen) atoms. The van der Waals surface area contributed by atoms with Gasteiger partial charge in [0.25, 0.3) is 5.91 Å². The number of carbonyl (C=O) groups excluding carboxylic acids is 2. The summed E-state index contributed by atoms with van der Waals surface area (Å²) in [5.74, 6) is 0.450. The van der Waals surface area contributed by atoms with Crippen molar-refractivity contribution in [2.45, 2.75) is 32.4 Å². The van der Waals surface area contributed by atoms with Crippen molar-refractivity contribution in [1.29, 1.82) is 0 Å². The summed E-state index contributed by atoms with van der Waals surface area (Å²) < 4.78 is 6.14. The highest BCUT2D eigenvalue weighted by atomic mass is 79.9. The molecule has 1 unspecified atom stereocenters. The van der Waals surface area contributed by atoms with Crippen LogP contribution in [0.4, 0.5) is 4.79 Å². The van der Waals surface area contributed by atoms with Gasteiger partial charge in [-0.25, -0.2) is 4.79 Å². The maximum atomic E-state index is 12.3. The van der Waals surface area contributed by atoms with Crippen LogP contribution in [0.2, 0.25) is 0 Å². The van der Waals surface area contributed by atoms with Crippen LogP contribution in [0.25, 0.3) is 0 Å². The van der Waals surface area contributed by atoms with Gasteiger partial charge in [0.2, 0.25) is 0 Å². The molecule has 0 aliphatic carbocycles. The molecule has 108 valence electrons. The van der Waals surface area contributed by atoms with Crippen molar-refractivity contribution in [3.8, 4) is 5.75 Å². The zero-order valence-electron chi connectivity index (χ0n) is 11.7. The SMILES string of the molecule is CCC1(C)NC(=O)N(Cc2cc(Br)ccc2OC)C1=O. The second-order valence-electron chi connectivity index (χ2n) is 4.96. The van der Waals surface area contributed by atoms with Crippen molar-refractivity contribution in [3.63, 3.8) is 0 Å². The van der Waals surface area contributed by atoms with Gasteiger partial charge in [-0.15, -0.1) is 0 Å². The van der Waals surface area contributed by atoms with Gasteiger partial charge in [0, 0.05) is 10.0 Å². The molecule has 2 rings (SSSR count). The Balaban J connectivity index is 2.29. The number of benzene rings is 1. The fourth-order valence-corrected chi connectivity index (χ4v) is 2.58. The van der Waals surface area contributed by atoms with Crippen LogP contribution >= 0.6 is 15.9 Å². The first kappa shape index (κ1) is 14.8. The maximum Gasteiger partial charge on any atom is 0.325 e. The van der Waals surface area contributed by atoms with E-state index in [0.717, 1.165) is 10.0 Å². The number of ether oxygens (including phenoxy) is 1. The van der Waals surface area contributed by atoms with Crippen LogP contribution in [0.3, 0.4) is 0 Å². The largest absolute Gasteiger partial charge is 0.496 e. The Morgan fingerprint density at radius 2 is 2.10 bits per heavy atom. The Morgan fingerprint density at radius 3 is 2.65 bits per heavy atom. The van der Waals surface area contributed by atoms with Gasteiger partial charge in [0.05, 0.1) is 13.7 Å². The molecule has 1 aliphatic heterocycles. The van der Waals surface area contributed by atoms with Crippen molar-refractivity contribution < 1.29 is 14.3 Å². The van der Waals surface area contributed by atoms with Crippen molar-refractivity contribution in [2.24, 2.45) is 0 Å². The van der Waals surface area contributed by atoms with E-state index < -0.39 is 5.54 Å². The molecule has 0 bridgehead atoms. The van der Waals surface area contributed by atoms with Gasteiger partial charge in [-0.05, 0) is 31.5 Å². The van der Waals surface area contributed by atoms with Crippen molar-refractivity contribution >= 4 is 27.9 Å². The van der Waals surface area contributed by atoms with Crippen molar-refractivity contribution in [2.75, 3.05) is 7.11 Å². The number of nitrogens with one attached hydrogen (secondary N) is 1. The lowest BCUT2D eigenvalue weighted by atomic mass is 9.99. The minimum atomic E-state index is -0.809. The maximum absolute atomic E-state index is 12.3. The van der Waals surface area contributed by atoms with Gasteiger partial charge in [0.1, 0.15) is 11.3 Å². The molecular weight excluding hydrogens is 324 g/mol. The number of halogens is 1. The molecule has 5 nitrogen and oxygen atoms in total. The summed E-state index contributed by atoms with van der Waals surface area (Å²) in [6.45, 7) is 3.82. The van der Waals surface area contributed by atoms with E-state index in [0.29, 0.717) is 12.2 Å². The van der Waals surface area contributed by atoms with E-state index in [-0.39, 0.29) is 18.5 Å². The van der Waals surface area contributed by atoms with E-state index >= 15 is 0 Å². The molecule has 0 radical (unpaired) electrons. The third-order valence-corrected chi connectivity index (χ3v) is 4.12. The summed E-state index contributed by atoms with van der Waals surface area (Å²) in [4.78, 5) is 25.6.